The van der Waals surface area contributed by atoms with Gasteiger partial charge >= 0.3 is 5.97 Å². The van der Waals surface area contributed by atoms with Crippen LogP contribution in [0.4, 0.5) is 0 Å². The van der Waals surface area contributed by atoms with Crippen molar-refractivity contribution >= 4 is 5.97 Å². The maximum absolute atomic E-state index is 12.1. The summed E-state index contributed by atoms with van der Waals surface area (Å²) in [5.41, 5.74) is 2.31. The highest BCUT2D eigenvalue weighted by atomic mass is 16.5. The summed E-state index contributed by atoms with van der Waals surface area (Å²) in [6, 6.07) is 19.9. The molecule has 0 aliphatic rings. The Morgan fingerprint density at radius 3 is 2.05 bits per heavy atom. The normalized spacial score (nSPS) is 12.1. The van der Waals surface area contributed by atoms with Gasteiger partial charge in [-0.15, -0.1) is 0 Å². The SMILES string of the molecule is COC(=O)[C@@H](Cc1ccccc1)N(C)Cc1ccccc1. The maximum atomic E-state index is 12.1. The van der Waals surface area contributed by atoms with E-state index in [4.69, 9.17) is 4.74 Å². The van der Waals surface area contributed by atoms with Crippen LogP contribution in [0.2, 0.25) is 0 Å². The molecule has 0 bridgehead atoms. The van der Waals surface area contributed by atoms with Crippen LogP contribution in [0, 0.1) is 0 Å². The Balaban J connectivity index is 2.10. The van der Waals surface area contributed by atoms with Crippen molar-refractivity contribution in [1.29, 1.82) is 0 Å². The summed E-state index contributed by atoms with van der Waals surface area (Å²) in [4.78, 5) is 14.1. The van der Waals surface area contributed by atoms with Gasteiger partial charge in [0.05, 0.1) is 7.11 Å². The van der Waals surface area contributed by atoms with E-state index in [0.29, 0.717) is 13.0 Å². The lowest BCUT2D eigenvalue weighted by Crippen LogP contribution is -2.40. The lowest BCUT2D eigenvalue weighted by atomic mass is 10.0. The van der Waals surface area contributed by atoms with E-state index in [9.17, 15) is 4.79 Å². The molecule has 110 valence electrons. The van der Waals surface area contributed by atoms with Gasteiger partial charge in [0.1, 0.15) is 6.04 Å². The number of methoxy groups -OCH3 is 1. The standard InChI is InChI=1S/C18H21NO2/c1-19(14-16-11-7-4-8-12-16)17(18(20)21-2)13-15-9-5-3-6-10-15/h3-12,17H,13-14H2,1-2H3/t17-/m1/s1. The molecule has 0 saturated carbocycles. The molecule has 0 fully saturated rings. The summed E-state index contributed by atoms with van der Waals surface area (Å²) in [6.45, 7) is 0.716. The molecule has 0 saturated heterocycles. The molecule has 2 aromatic carbocycles. The van der Waals surface area contributed by atoms with Crippen LogP contribution in [0.5, 0.6) is 0 Å². The number of benzene rings is 2. The van der Waals surface area contributed by atoms with Gasteiger partial charge in [-0.05, 0) is 24.6 Å². The quantitative estimate of drug-likeness (QED) is 0.763. The highest BCUT2D eigenvalue weighted by molar-refractivity contribution is 5.76. The van der Waals surface area contributed by atoms with Crippen molar-refractivity contribution in [2.45, 2.75) is 19.0 Å². The van der Waals surface area contributed by atoms with E-state index < -0.39 is 0 Å². The lowest BCUT2D eigenvalue weighted by Gasteiger charge is -2.26. The average Bonchev–Trinajstić information content (AvgIpc) is 2.53. The second kappa shape index (κ2) is 7.60. The van der Waals surface area contributed by atoms with Crippen molar-refractivity contribution in [3.8, 4) is 0 Å². The van der Waals surface area contributed by atoms with Gasteiger partial charge in [-0.2, -0.15) is 0 Å². The molecule has 3 heteroatoms. The number of hydrogen-bond donors (Lipinski definition) is 0. The Bertz CT molecular complexity index is 554. The van der Waals surface area contributed by atoms with Crippen LogP contribution in [-0.4, -0.2) is 31.1 Å². The molecule has 3 nitrogen and oxygen atoms in total. The number of rotatable bonds is 6. The number of carbonyl (C=O) groups is 1. The molecule has 2 rings (SSSR count). The number of likely N-dealkylation sites (N-methyl/N-ethyl adjacent to an activating group) is 1. The number of ether oxygens (including phenoxy) is 1. The fourth-order valence-corrected chi connectivity index (χ4v) is 2.37. The molecule has 0 amide bonds. The molecule has 0 aliphatic heterocycles. The van der Waals surface area contributed by atoms with Gasteiger partial charge in [-0.1, -0.05) is 60.7 Å². The van der Waals surface area contributed by atoms with Crippen molar-refractivity contribution in [1.82, 2.24) is 4.90 Å². The molecule has 21 heavy (non-hydrogen) atoms. The molecule has 2 aromatic rings. The van der Waals surface area contributed by atoms with Gasteiger partial charge in [0.25, 0.3) is 0 Å². The minimum Gasteiger partial charge on any atom is -0.468 e. The van der Waals surface area contributed by atoms with Crippen LogP contribution in [0.25, 0.3) is 0 Å². The van der Waals surface area contributed by atoms with Crippen LogP contribution >= 0.6 is 0 Å². The number of nitrogens with zero attached hydrogens (tertiary/aromatic N) is 1. The van der Waals surface area contributed by atoms with E-state index in [0.717, 1.165) is 5.56 Å². The number of hydrogen-bond acceptors (Lipinski definition) is 3. The third kappa shape index (κ3) is 4.43. The fourth-order valence-electron chi connectivity index (χ4n) is 2.37. The van der Waals surface area contributed by atoms with E-state index in [-0.39, 0.29) is 12.0 Å². The number of carbonyl (C=O) groups excluding carboxylic acids is 1. The summed E-state index contributed by atoms with van der Waals surface area (Å²) in [5.74, 6) is -0.197. The predicted molar refractivity (Wildman–Crippen MR) is 83.9 cm³/mol. The van der Waals surface area contributed by atoms with Gasteiger partial charge in [-0.25, -0.2) is 0 Å². The van der Waals surface area contributed by atoms with E-state index in [1.165, 1.54) is 12.7 Å². The van der Waals surface area contributed by atoms with Crippen LogP contribution in [0.1, 0.15) is 11.1 Å². The Hall–Kier alpha value is -2.13. The molecule has 0 unspecified atom stereocenters. The van der Waals surface area contributed by atoms with Gasteiger partial charge < -0.3 is 4.74 Å². The minimum atomic E-state index is -0.280. The second-order valence-electron chi connectivity index (χ2n) is 5.13. The Morgan fingerprint density at radius 1 is 1.00 bits per heavy atom. The van der Waals surface area contributed by atoms with Gasteiger partial charge in [0.2, 0.25) is 0 Å². The van der Waals surface area contributed by atoms with Crippen molar-refractivity contribution in [3.05, 3.63) is 71.8 Å². The van der Waals surface area contributed by atoms with Gasteiger partial charge in [-0.3, -0.25) is 9.69 Å². The lowest BCUT2D eigenvalue weighted by molar-refractivity contribution is -0.146. The molecule has 0 radical (unpaired) electrons. The van der Waals surface area contributed by atoms with E-state index >= 15 is 0 Å². The molecule has 0 N–H and O–H groups in total. The van der Waals surface area contributed by atoms with Crippen LogP contribution in [0.15, 0.2) is 60.7 Å². The predicted octanol–water partition coefficient (Wildman–Crippen LogP) is 2.90. The fraction of sp³-hybridized carbons (Fsp3) is 0.278. The highest BCUT2D eigenvalue weighted by Crippen LogP contribution is 2.12. The zero-order valence-corrected chi connectivity index (χ0v) is 12.5. The molecule has 0 spiro atoms. The Kier molecular flexibility index (Phi) is 5.52. The molecular formula is C18H21NO2. The summed E-state index contributed by atoms with van der Waals surface area (Å²) in [7, 11) is 3.40. The molecule has 0 heterocycles. The molecule has 1 atom stereocenters. The van der Waals surface area contributed by atoms with E-state index in [2.05, 4.69) is 12.1 Å². The molecule has 0 aromatic heterocycles. The second-order valence-corrected chi connectivity index (χ2v) is 5.13. The maximum Gasteiger partial charge on any atom is 0.323 e. The van der Waals surface area contributed by atoms with Crippen LogP contribution < -0.4 is 0 Å². The summed E-state index contributed by atoms with van der Waals surface area (Å²) < 4.78 is 4.96. The third-order valence-electron chi connectivity index (χ3n) is 3.55. The third-order valence-corrected chi connectivity index (χ3v) is 3.55. The largest absolute Gasteiger partial charge is 0.468 e. The van der Waals surface area contributed by atoms with E-state index in [1.54, 1.807) is 0 Å². The number of esters is 1. The smallest absolute Gasteiger partial charge is 0.323 e. The first-order valence-electron chi connectivity index (χ1n) is 7.06. The monoisotopic (exact) mass is 283 g/mol. The van der Waals surface area contributed by atoms with Crippen molar-refractivity contribution in [3.63, 3.8) is 0 Å². The Morgan fingerprint density at radius 2 is 1.52 bits per heavy atom. The zero-order valence-electron chi connectivity index (χ0n) is 12.5. The van der Waals surface area contributed by atoms with Crippen LogP contribution in [-0.2, 0) is 22.5 Å². The first-order valence-corrected chi connectivity index (χ1v) is 7.06. The first kappa shape index (κ1) is 15.3. The zero-order chi connectivity index (χ0) is 15.1. The summed E-state index contributed by atoms with van der Waals surface area (Å²) in [6.07, 6.45) is 0.650. The minimum absolute atomic E-state index is 0.197. The van der Waals surface area contributed by atoms with E-state index in [1.807, 2.05) is 60.5 Å². The Labute approximate surface area is 126 Å². The molecular weight excluding hydrogens is 262 g/mol. The first-order chi connectivity index (χ1) is 10.2. The summed E-state index contributed by atoms with van der Waals surface area (Å²) in [5, 5.41) is 0. The average molecular weight is 283 g/mol. The van der Waals surface area contributed by atoms with Gasteiger partial charge in [0.15, 0.2) is 0 Å². The van der Waals surface area contributed by atoms with Crippen molar-refractivity contribution < 1.29 is 9.53 Å². The van der Waals surface area contributed by atoms with Gasteiger partial charge in [0, 0.05) is 6.54 Å². The van der Waals surface area contributed by atoms with Crippen molar-refractivity contribution in [2.75, 3.05) is 14.2 Å². The highest BCUT2D eigenvalue weighted by Gasteiger charge is 2.24. The molecule has 0 aliphatic carbocycles. The topological polar surface area (TPSA) is 29.5 Å². The van der Waals surface area contributed by atoms with Crippen molar-refractivity contribution in [2.24, 2.45) is 0 Å². The van der Waals surface area contributed by atoms with Crippen LogP contribution in [0.3, 0.4) is 0 Å². The summed E-state index contributed by atoms with van der Waals surface area (Å²) >= 11 is 0.